The van der Waals surface area contributed by atoms with Crippen molar-refractivity contribution < 1.29 is 28.9 Å². The third-order valence-corrected chi connectivity index (χ3v) is 4.38. The third-order valence-electron chi connectivity index (χ3n) is 4.38. The Hall–Kier alpha value is -1.40. The second-order valence-electron chi connectivity index (χ2n) is 6.17. The number of ether oxygens (including phenoxy) is 3. The highest BCUT2D eigenvalue weighted by atomic mass is 16.7. The van der Waals surface area contributed by atoms with Gasteiger partial charge in [-0.1, -0.05) is 13.5 Å². The number of hydrogen-bond donors (Lipinski definition) is 1. The summed E-state index contributed by atoms with van der Waals surface area (Å²) < 4.78 is 15.9. The molecule has 1 heterocycles. The molecule has 0 radical (unpaired) electrons. The summed E-state index contributed by atoms with van der Waals surface area (Å²) in [6.07, 6.45) is -0.392. The lowest BCUT2D eigenvalue weighted by molar-refractivity contribution is -0.299. The number of esters is 2. The highest BCUT2D eigenvalue weighted by Gasteiger charge is 2.61. The standard InChI is InChI=1S/C15H22O6/c1-7(2)13(16)20-12-9-6-8(3)11(12)21-15(4,18)10(9)14(17)19-5/h8-12,18H,1,6H2,2-5H3. The zero-order valence-corrected chi connectivity index (χ0v) is 12.8. The van der Waals surface area contributed by atoms with Gasteiger partial charge in [0.15, 0.2) is 5.79 Å². The van der Waals surface area contributed by atoms with E-state index in [0.29, 0.717) is 6.42 Å². The first-order valence-electron chi connectivity index (χ1n) is 7.03. The molecule has 118 valence electrons. The Labute approximate surface area is 124 Å². The molecule has 0 spiro atoms. The number of hydrogen-bond acceptors (Lipinski definition) is 6. The molecule has 1 aliphatic carbocycles. The predicted molar refractivity (Wildman–Crippen MR) is 73.0 cm³/mol. The van der Waals surface area contributed by atoms with Gasteiger partial charge >= 0.3 is 11.9 Å². The Bertz CT molecular complexity index is 469. The molecular weight excluding hydrogens is 276 g/mol. The smallest absolute Gasteiger partial charge is 0.333 e. The lowest BCUT2D eigenvalue weighted by Gasteiger charge is -2.43. The SMILES string of the molecule is C=C(C)C(=O)OC1C2CC(C)C1OC(C)(O)C2C(=O)OC. The molecule has 2 rings (SSSR count). The summed E-state index contributed by atoms with van der Waals surface area (Å²) in [5.41, 5.74) is 0.286. The number of fused-ring (bicyclic) bond motifs is 2. The van der Waals surface area contributed by atoms with Crippen molar-refractivity contribution in [2.45, 2.75) is 45.2 Å². The number of aliphatic hydroxyl groups is 1. The summed E-state index contributed by atoms with van der Waals surface area (Å²) >= 11 is 0. The molecule has 2 fully saturated rings. The van der Waals surface area contributed by atoms with Crippen LogP contribution in [0.4, 0.5) is 0 Å². The van der Waals surface area contributed by atoms with Gasteiger partial charge in [0.2, 0.25) is 0 Å². The Balaban J connectivity index is 2.30. The molecule has 0 amide bonds. The molecule has 6 heteroatoms. The summed E-state index contributed by atoms with van der Waals surface area (Å²) in [6, 6.07) is 0. The van der Waals surface area contributed by atoms with Crippen molar-refractivity contribution in [3.05, 3.63) is 12.2 Å². The topological polar surface area (TPSA) is 82.1 Å². The van der Waals surface area contributed by atoms with Crippen LogP contribution in [-0.2, 0) is 23.8 Å². The van der Waals surface area contributed by atoms with Crippen LogP contribution in [-0.4, -0.2) is 42.1 Å². The fourth-order valence-corrected chi connectivity index (χ4v) is 3.42. The van der Waals surface area contributed by atoms with E-state index < -0.39 is 35.9 Å². The summed E-state index contributed by atoms with van der Waals surface area (Å²) in [4.78, 5) is 23.8. The van der Waals surface area contributed by atoms with Crippen LogP contribution >= 0.6 is 0 Å². The van der Waals surface area contributed by atoms with Crippen molar-refractivity contribution in [2.24, 2.45) is 17.8 Å². The predicted octanol–water partition coefficient (Wildman–Crippen LogP) is 1.03. The van der Waals surface area contributed by atoms with E-state index >= 15 is 0 Å². The number of carbonyl (C=O) groups excluding carboxylic acids is 2. The van der Waals surface area contributed by atoms with Gasteiger partial charge in [-0.2, -0.15) is 0 Å². The Morgan fingerprint density at radius 3 is 2.57 bits per heavy atom. The van der Waals surface area contributed by atoms with Crippen molar-refractivity contribution in [3.63, 3.8) is 0 Å². The summed E-state index contributed by atoms with van der Waals surface area (Å²) in [5.74, 6) is -3.85. The lowest BCUT2D eigenvalue weighted by Crippen LogP contribution is -2.57. The van der Waals surface area contributed by atoms with Gasteiger partial charge in [-0.3, -0.25) is 4.79 Å². The van der Waals surface area contributed by atoms with E-state index in [4.69, 9.17) is 14.2 Å². The Morgan fingerprint density at radius 1 is 1.43 bits per heavy atom. The van der Waals surface area contributed by atoms with Gasteiger partial charge in [0.1, 0.15) is 18.1 Å². The minimum absolute atomic E-state index is 0.0686. The largest absolute Gasteiger partial charge is 0.469 e. The van der Waals surface area contributed by atoms with Gasteiger partial charge in [0, 0.05) is 11.5 Å². The lowest BCUT2D eigenvalue weighted by atomic mass is 9.81. The monoisotopic (exact) mass is 298 g/mol. The van der Waals surface area contributed by atoms with Crippen LogP contribution in [0.3, 0.4) is 0 Å². The molecular formula is C15H22O6. The molecule has 1 aliphatic heterocycles. The van der Waals surface area contributed by atoms with Gasteiger partial charge in [-0.25, -0.2) is 4.79 Å². The van der Waals surface area contributed by atoms with Crippen molar-refractivity contribution in [1.82, 2.24) is 0 Å². The van der Waals surface area contributed by atoms with E-state index in [1.165, 1.54) is 14.0 Å². The molecule has 6 atom stereocenters. The Kier molecular flexibility index (Phi) is 4.13. The molecule has 0 aromatic carbocycles. The minimum Gasteiger partial charge on any atom is -0.469 e. The van der Waals surface area contributed by atoms with Crippen molar-refractivity contribution >= 4 is 11.9 Å². The maximum absolute atomic E-state index is 12.0. The number of methoxy groups -OCH3 is 1. The van der Waals surface area contributed by atoms with E-state index in [2.05, 4.69) is 6.58 Å². The molecule has 21 heavy (non-hydrogen) atoms. The van der Waals surface area contributed by atoms with Crippen LogP contribution in [0.25, 0.3) is 0 Å². The molecule has 0 aromatic rings. The van der Waals surface area contributed by atoms with Gasteiger partial charge in [-0.05, 0) is 26.2 Å². The quantitative estimate of drug-likeness (QED) is 0.619. The second-order valence-corrected chi connectivity index (χ2v) is 6.17. The van der Waals surface area contributed by atoms with E-state index in [9.17, 15) is 14.7 Å². The average molecular weight is 298 g/mol. The minimum atomic E-state index is -1.63. The first kappa shape index (κ1) is 16.0. The van der Waals surface area contributed by atoms with Gasteiger partial charge in [-0.15, -0.1) is 0 Å². The van der Waals surface area contributed by atoms with Crippen LogP contribution in [0.1, 0.15) is 27.2 Å². The molecule has 1 saturated heterocycles. The van der Waals surface area contributed by atoms with Crippen LogP contribution in [0, 0.1) is 17.8 Å². The molecule has 6 nitrogen and oxygen atoms in total. The number of carbonyl (C=O) groups is 2. The highest BCUT2D eigenvalue weighted by molar-refractivity contribution is 5.87. The van der Waals surface area contributed by atoms with E-state index in [-0.39, 0.29) is 17.4 Å². The maximum atomic E-state index is 12.0. The second kappa shape index (κ2) is 5.42. The fourth-order valence-electron chi connectivity index (χ4n) is 3.42. The van der Waals surface area contributed by atoms with Gasteiger partial charge < -0.3 is 19.3 Å². The van der Waals surface area contributed by atoms with Crippen LogP contribution in [0.2, 0.25) is 0 Å². The van der Waals surface area contributed by atoms with E-state index in [1.807, 2.05) is 6.92 Å². The van der Waals surface area contributed by atoms with Crippen molar-refractivity contribution in [1.29, 1.82) is 0 Å². The zero-order chi connectivity index (χ0) is 15.9. The zero-order valence-electron chi connectivity index (χ0n) is 12.8. The summed E-state index contributed by atoms with van der Waals surface area (Å²) in [7, 11) is 1.26. The first-order valence-corrected chi connectivity index (χ1v) is 7.03. The molecule has 1 saturated carbocycles. The molecule has 1 N–H and O–H groups in total. The molecule has 2 aliphatic rings. The maximum Gasteiger partial charge on any atom is 0.333 e. The van der Waals surface area contributed by atoms with Gasteiger partial charge in [0.05, 0.1) is 7.11 Å². The van der Waals surface area contributed by atoms with Crippen LogP contribution in [0.5, 0.6) is 0 Å². The van der Waals surface area contributed by atoms with Crippen LogP contribution in [0.15, 0.2) is 12.2 Å². The summed E-state index contributed by atoms with van der Waals surface area (Å²) in [5, 5.41) is 10.4. The van der Waals surface area contributed by atoms with Gasteiger partial charge in [0.25, 0.3) is 0 Å². The Morgan fingerprint density at radius 2 is 2.05 bits per heavy atom. The van der Waals surface area contributed by atoms with Crippen molar-refractivity contribution in [3.8, 4) is 0 Å². The highest BCUT2D eigenvalue weighted by Crippen LogP contribution is 2.50. The molecule has 2 bridgehead atoms. The van der Waals surface area contributed by atoms with Crippen LogP contribution < -0.4 is 0 Å². The number of rotatable bonds is 3. The average Bonchev–Trinajstić information content (AvgIpc) is 2.60. The van der Waals surface area contributed by atoms with Crippen molar-refractivity contribution in [2.75, 3.05) is 7.11 Å². The van der Waals surface area contributed by atoms with E-state index in [1.54, 1.807) is 6.92 Å². The first-order chi connectivity index (χ1) is 9.69. The third kappa shape index (κ3) is 2.70. The fraction of sp³-hybridized carbons (Fsp3) is 0.733. The normalized spacial score (nSPS) is 41.5. The molecule has 0 aromatic heterocycles. The molecule has 6 unspecified atom stereocenters. The van der Waals surface area contributed by atoms with E-state index in [0.717, 1.165) is 0 Å². The summed E-state index contributed by atoms with van der Waals surface area (Å²) in [6.45, 7) is 8.51.